The Morgan fingerprint density at radius 2 is 1.90 bits per heavy atom. The lowest BCUT2D eigenvalue weighted by molar-refractivity contribution is 0.124. The van der Waals surface area contributed by atoms with Crippen LogP contribution in [-0.2, 0) is 27.9 Å². The summed E-state index contributed by atoms with van der Waals surface area (Å²) in [6, 6.07) is 7.75. The van der Waals surface area contributed by atoms with Crippen molar-refractivity contribution in [2.75, 3.05) is 32.2 Å². The minimum absolute atomic E-state index is 0.0131. The number of para-hydroxylation sites is 1. The van der Waals surface area contributed by atoms with Gasteiger partial charge in [-0.2, -0.15) is 0 Å². The van der Waals surface area contributed by atoms with Crippen molar-refractivity contribution in [3.8, 4) is 0 Å². The zero-order chi connectivity index (χ0) is 21.4. The highest BCUT2D eigenvalue weighted by Crippen LogP contribution is 2.32. The van der Waals surface area contributed by atoms with Crippen molar-refractivity contribution in [1.82, 2.24) is 18.8 Å². The normalized spacial score (nSPS) is 13.0. The van der Waals surface area contributed by atoms with Crippen LogP contribution in [0.25, 0.3) is 21.9 Å². The number of nitrogens with two attached hydrogens (primary N) is 1. The molecule has 0 saturated carbocycles. The van der Waals surface area contributed by atoms with E-state index in [1.165, 1.54) is 4.31 Å². The fraction of sp³-hybridized carbons (Fsp3) is 0.500. The minimum Gasteiger partial charge on any atom is -0.382 e. The molecule has 3 rings (SSSR count). The highest BCUT2D eigenvalue weighted by Gasteiger charge is 2.30. The zero-order valence-corrected chi connectivity index (χ0v) is 18.5. The van der Waals surface area contributed by atoms with Crippen molar-refractivity contribution in [2.24, 2.45) is 5.41 Å². The Morgan fingerprint density at radius 3 is 2.55 bits per heavy atom. The third kappa shape index (κ3) is 4.36. The molecule has 3 aromatic rings. The van der Waals surface area contributed by atoms with Gasteiger partial charge in [0, 0.05) is 32.6 Å². The van der Waals surface area contributed by atoms with Crippen LogP contribution in [0.4, 0.5) is 5.82 Å². The van der Waals surface area contributed by atoms with Crippen LogP contribution < -0.4 is 5.73 Å². The van der Waals surface area contributed by atoms with Crippen molar-refractivity contribution in [1.29, 1.82) is 0 Å². The molecule has 0 atom stereocenters. The van der Waals surface area contributed by atoms with Crippen LogP contribution in [0, 0.1) is 5.41 Å². The maximum absolute atomic E-state index is 12.5. The Labute approximate surface area is 171 Å². The molecule has 1 aromatic carbocycles. The number of anilines is 1. The minimum atomic E-state index is -3.36. The lowest BCUT2D eigenvalue weighted by atomic mass is 9.96. The predicted molar refractivity (Wildman–Crippen MR) is 116 cm³/mol. The van der Waals surface area contributed by atoms with Gasteiger partial charge in [-0.05, 0) is 18.4 Å². The number of ether oxygens (including phenoxy) is 1. The molecule has 0 saturated heterocycles. The van der Waals surface area contributed by atoms with Gasteiger partial charge in [-0.25, -0.2) is 22.7 Å². The van der Waals surface area contributed by atoms with Gasteiger partial charge in [0.25, 0.3) is 0 Å². The van der Waals surface area contributed by atoms with Gasteiger partial charge in [-0.1, -0.05) is 32.0 Å². The standard InChI is InChI=1S/C20H29N5O3S/c1-6-28-11-16-23-17-18(14-9-7-8-10-15(14)22-19(17)21)25(16)12-20(2,3)13-29(26,27)24(4)5/h7-10H,6,11-13H2,1-5H3,(H2,21,22). The Hall–Kier alpha value is -2.23. The molecule has 0 bridgehead atoms. The average Bonchev–Trinajstić information content (AvgIpc) is 2.97. The molecule has 0 aliphatic heterocycles. The van der Waals surface area contributed by atoms with Gasteiger partial charge in [0.1, 0.15) is 17.9 Å². The molecule has 0 unspecified atom stereocenters. The first kappa shape index (κ1) is 21.5. The van der Waals surface area contributed by atoms with E-state index in [-0.39, 0.29) is 5.75 Å². The van der Waals surface area contributed by atoms with Crippen LogP contribution in [-0.4, -0.2) is 53.7 Å². The van der Waals surface area contributed by atoms with E-state index in [1.54, 1.807) is 14.1 Å². The van der Waals surface area contributed by atoms with Crippen LogP contribution in [0.5, 0.6) is 0 Å². The summed E-state index contributed by atoms with van der Waals surface area (Å²) in [5, 5.41) is 0.929. The van der Waals surface area contributed by atoms with Crippen molar-refractivity contribution < 1.29 is 13.2 Å². The second kappa shape index (κ2) is 7.89. The molecular weight excluding hydrogens is 390 g/mol. The van der Waals surface area contributed by atoms with Crippen LogP contribution in [0.2, 0.25) is 0 Å². The third-order valence-electron chi connectivity index (χ3n) is 4.84. The predicted octanol–water partition coefficient (Wildman–Crippen LogP) is 2.62. The van der Waals surface area contributed by atoms with Crippen molar-refractivity contribution in [2.45, 2.75) is 33.9 Å². The van der Waals surface area contributed by atoms with Crippen LogP contribution in [0.3, 0.4) is 0 Å². The maximum atomic E-state index is 12.5. The Balaban J connectivity index is 2.18. The number of hydrogen-bond donors (Lipinski definition) is 1. The first-order valence-corrected chi connectivity index (χ1v) is 11.2. The topological polar surface area (TPSA) is 103 Å². The van der Waals surface area contributed by atoms with Crippen molar-refractivity contribution in [3.63, 3.8) is 0 Å². The van der Waals surface area contributed by atoms with Gasteiger partial charge < -0.3 is 15.0 Å². The fourth-order valence-corrected chi connectivity index (χ4v) is 4.81. The number of benzene rings is 1. The van der Waals surface area contributed by atoms with Crippen LogP contribution in [0.15, 0.2) is 24.3 Å². The van der Waals surface area contributed by atoms with Crippen LogP contribution >= 0.6 is 0 Å². The number of sulfonamides is 1. The first-order chi connectivity index (χ1) is 13.6. The summed E-state index contributed by atoms with van der Waals surface area (Å²) in [6.45, 7) is 7.12. The highest BCUT2D eigenvalue weighted by molar-refractivity contribution is 7.89. The number of nitrogens with zero attached hydrogens (tertiary/aromatic N) is 4. The van der Waals surface area contributed by atoms with Gasteiger partial charge in [-0.15, -0.1) is 0 Å². The molecule has 2 heterocycles. The molecule has 2 aromatic heterocycles. The Morgan fingerprint density at radius 1 is 1.21 bits per heavy atom. The van der Waals surface area contributed by atoms with E-state index in [2.05, 4.69) is 4.98 Å². The molecule has 0 spiro atoms. The highest BCUT2D eigenvalue weighted by atomic mass is 32.2. The van der Waals surface area contributed by atoms with Crippen molar-refractivity contribution in [3.05, 3.63) is 30.1 Å². The summed E-state index contributed by atoms with van der Waals surface area (Å²) in [7, 11) is -0.254. The molecule has 0 aliphatic rings. The van der Waals surface area contributed by atoms with Crippen LogP contribution in [0.1, 0.15) is 26.6 Å². The summed E-state index contributed by atoms with van der Waals surface area (Å²) in [5.41, 5.74) is 7.92. The molecule has 0 fully saturated rings. The monoisotopic (exact) mass is 419 g/mol. The summed E-state index contributed by atoms with van der Waals surface area (Å²) < 4.78 is 33.9. The van der Waals surface area contributed by atoms with E-state index in [0.29, 0.717) is 36.9 Å². The van der Waals surface area contributed by atoms with E-state index in [4.69, 9.17) is 15.5 Å². The SMILES string of the molecule is CCOCc1nc2c(N)nc3ccccc3c2n1CC(C)(C)CS(=O)(=O)N(C)C. The molecule has 8 nitrogen and oxygen atoms in total. The smallest absolute Gasteiger partial charge is 0.214 e. The Bertz CT molecular complexity index is 1140. The maximum Gasteiger partial charge on any atom is 0.214 e. The first-order valence-electron chi connectivity index (χ1n) is 9.57. The molecule has 158 valence electrons. The summed E-state index contributed by atoms with van der Waals surface area (Å²) >= 11 is 0. The van der Waals surface area contributed by atoms with E-state index in [1.807, 2.05) is 49.6 Å². The quantitative estimate of drug-likeness (QED) is 0.602. The number of imidazole rings is 1. The molecule has 0 amide bonds. The van der Waals surface area contributed by atoms with Crippen molar-refractivity contribution >= 4 is 37.8 Å². The molecule has 9 heteroatoms. The summed E-state index contributed by atoms with van der Waals surface area (Å²) in [6.07, 6.45) is 0. The number of nitrogen functional groups attached to an aromatic ring is 1. The number of rotatable bonds is 8. The van der Waals surface area contributed by atoms with Gasteiger partial charge >= 0.3 is 0 Å². The number of hydrogen-bond acceptors (Lipinski definition) is 6. The molecule has 0 aliphatic carbocycles. The molecule has 2 N–H and O–H groups in total. The average molecular weight is 420 g/mol. The van der Waals surface area contributed by atoms with E-state index in [0.717, 1.165) is 16.4 Å². The lowest BCUT2D eigenvalue weighted by Crippen LogP contribution is -2.35. The van der Waals surface area contributed by atoms with Gasteiger partial charge in [0.05, 0.1) is 16.8 Å². The van der Waals surface area contributed by atoms with Gasteiger partial charge in [0.15, 0.2) is 5.82 Å². The van der Waals surface area contributed by atoms with E-state index < -0.39 is 15.4 Å². The second-order valence-electron chi connectivity index (χ2n) is 8.17. The largest absolute Gasteiger partial charge is 0.382 e. The zero-order valence-electron chi connectivity index (χ0n) is 17.6. The van der Waals surface area contributed by atoms with E-state index >= 15 is 0 Å². The van der Waals surface area contributed by atoms with Gasteiger partial charge in [0.2, 0.25) is 10.0 Å². The number of fused-ring (bicyclic) bond motifs is 3. The fourth-order valence-electron chi connectivity index (χ4n) is 3.48. The van der Waals surface area contributed by atoms with Gasteiger partial charge in [-0.3, -0.25) is 0 Å². The molecule has 0 radical (unpaired) electrons. The summed E-state index contributed by atoms with van der Waals surface area (Å²) in [5.74, 6) is 1.08. The molecule has 29 heavy (non-hydrogen) atoms. The number of pyridine rings is 1. The summed E-state index contributed by atoms with van der Waals surface area (Å²) in [4.78, 5) is 9.18. The lowest BCUT2D eigenvalue weighted by Gasteiger charge is -2.28. The molecular formula is C20H29N5O3S. The number of aromatic nitrogens is 3. The Kier molecular flexibility index (Phi) is 5.84. The van der Waals surface area contributed by atoms with E-state index in [9.17, 15) is 8.42 Å². The third-order valence-corrected chi connectivity index (χ3v) is 7.10. The second-order valence-corrected chi connectivity index (χ2v) is 10.3.